The summed E-state index contributed by atoms with van der Waals surface area (Å²) in [4.78, 5) is 26.9. The molecule has 1 fully saturated rings. The summed E-state index contributed by atoms with van der Waals surface area (Å²) in [6.45, 7) is 5.30. The monoisotopic (exact) mass is 445 g/mol. The highest BCUT2D eigenvalue weighted by Gasteiger charge is 2.18. The van der Waals surface area contributed by atoms with Gasteiger partial charge in [-0.2, -0.15) is 0 Å². The zero-order valence-electron chi connectivity index (χ0n) is 18.2. The SMILES string of the molecule is COc1ccc(NC(=O)c2nnc(CCCC(=O)NCC[C@H](C)N3CCCC3)s2)cc1. The van der Waals surface area contributed by atoms with Crippen LogP contribution < -0.4 is 15.4 Å². The Morgan fingerprint density at radius 1 is 1.19 bits per heavy atom. The lowest BCUT2D eigenvalue weighted by molar-refractivity contribution is -0.121. The van der Waals surface area contributed by atoms with Crippen molar-refractivity contribution < 1.29 is 14.3 Å². The van der Waals surface area contributed by atoms with Crippen LogP contribution in [0.4, 0.5) is 5.69 Å². The van der Waals surface area contributed by atoms with E-state index >= 15 is 0 Å². The van der Waals surface area contributed by atoms with Gasteiger partial charge >= 0.3 is 0 Å². The molecule has 1 aromatic heterocycles. The molecule has 168 valence electrons. The molecule has 2 N–H and O–H groups in total. The standard InChI is InChI=1S/C22H31N5O3S/c1-16(27-14-3-4-15-27)12-13-23-19(28)6-5-7-20-25-26-22(31-20)21(29)24-17-8-10-18(30-2)11-9-17/h8-11,16H,3-7,12-15H2,1-2H3,(H,23,28)(H,24,29)/t16-/m0/s1. The quantitative estimate of drug-likeness (QED) is 0.552. The predicted molar refractivity (Wildman–Crippen MR) is 122 cm³/mol. The largest absolute Gasteiger partial charge is 0.497 e. The molecule has 2 amide bonds. The molecule has 0 unspecified atom stereocenters. The van der Waals surface area contributed by atoms with Gasteiger partial charge in [-0.3, -0.25) is 9.59 Å². The van der Waals surface area contributed by atoms with Crippen molar-refractivity contribution in [1.29, 1.82) is 0 Å². The third-order valence-electron chi connectivity index (χ3n) is 5.45. The van der Waals surface area contributed by atoms with E-state index in [4.69, 9.17) is 4.74 Å². The van der Waals surface area contributed by atoms with Gasteiger partial charge in [0.2, 0.25) is 10.9 Å². The number of carbonyl (C=O) groups is 2. The number of carbonyl (C=O) groups excluding carboxylic acids is 2. The van der Waals surface area contributed by atoms with E-state index in [1.54, 1.807) is 31.4 Å². The molecule has 0 saturated carbocycles. The number of aryl methyl sites for hydroxylation is 1. The van der Waals surface area contributed by atoms with Gasteiger partial charge < -0.3 is 20.3 Å². The number of rotatable bonds is 11. The molecule has 2 heterocycles. The number of benzene rings is 1. The van der Waals surface area contributed by atoms with Crippen LogP contribution in [0.3, 0.4) is 0 Å². The molecule has 0 radical (unpaired) electrons. The number of ether oxygens (including phenoxy) is 1. The Hall–Kier alpha value is -2.52. The summed E-state index contributed by atoms with van der Waals surface area (Å²) >= 11 is 1.26. The minimum absolute atomic E-state index is 0.0654. The molecule has 3 rings (SSSR count). The second kappa shape index (κ2) is 11.8. The van der Waals surface area contributed by atoms with E-state index in [1.807, 2.05) is 0 Å². The van der Waals surface area contributed by atoms with Crippen molar-refractivity contribution in [2.45, 2.75) is 51.5 Å². The average molecular weight is 446 g/mol. The number of likely N-dealkylation sites (tertiary alicyclic amines) is 1. The lowest BCUT2D eigenvalue weighted by Crippen LogP contribution is -2.34. The first-order chi connectivity index (χ1) is 15.0. The Morgan fingerprint density at radius 2 is 1.94 bits per heavy atom. The number of nitrogens with zero attached hydrogens (tertiary/aromatic N) is 3. The van der Waals surface area contributed by atoms with Gasteiger partial charge in [0.05, 0.1) is 7.11 Å². The Morgan fingerprint density at radius 3 is 2.65 bits per heavy atom. The molecule has 0 aliphatic carbocycles. The summed E-state index contributed by atoms with van der Waals surface area (Å²) in [7, 11) is 1.59. The molecular formula is C22H31N5O3S. The summed E-state index contributed by atoms with van der Waals surface area (Å²) in [6.07, 6.45) is 5.31. The van der Waals surface area contributed by atoms with E-state index in [2.05, 4.69) is 32.7 Å². The summed E-state index contributed by atoms with van der Waals surface area (Å²) in [5.74, 6) is 0.496. The number of anilines is 1. The number of amides is 2. The van der Waals surface area contributed by atoms with Gasteiger partial charge in [-0.25, -0.2) is 0 Å². The molecule has 31 heavy (non-hydrogen) atoms. The maximum atomic E-state index is 12.3. The van der Waals surface area contributed by atoms with Crippen LogP contribution in [0, 0.1) is 0 Å². The first kappa shape index (κ1) is 23.1. The van der Waals surface area contributed by atoms with Crippen molar-refractivity contribution >= 4 is 28.8 Å². The van der Waals surface area contributed by atoms with E-state index in [0.29, 0.717) is 42.5 Å². The molecule has 1 saturated heterocycles. The molecule has 1 atom stereocenters. The van der Waals surface area contributed by atoms with Crippen molar-refractivity contribution in [3.8, 4) is 5.75 Å². The lowest BCUT2D eigenvalue weighted by atomic mass is 10.2. The predicted octanol–water partition coefficient (Wildman–Crippen LogP) is 3.11. The molecule has 1 aromatic carbocycles. The highest BCUT2D eigenvalue weighted by molar-refractivity contribution is 7.13. The van der Waals surface area contributed by atoms with Gasteiger partial charge in [-0.15, -0.1) is 10.2 Å². The summed E-state index contributed by atoms with van der Waals surface area (Å²) in [5.41, 5.74) is 0.665. The van der Waals surface area contributed by atoms with Crippen molar-refractivity contribution in [3.05, 3.63) is 34.3 Å². The topological polar surface area (TPSA) is 96.5 Å². The number of nitrogens with one attached hydrogen (secondary N) is 2. The van der Waals surface area contributed by atoms with E-state index in [-0.39, 0.29) is 11.8 Å². The van der Waals surface area contributed by atoms with Gasteiger partial charge in [0, 0.05) is 31.1 Å². The minimum Gasteiger partial charge on any atom is -0.497 e. The molecule has 1 aliphatic rings. The van der Waals surface area contributed by atoms with Crippen LogP contribution in [-0.4, -0.2) is 59.7 Å². The van der Waals surface area contributed by atoms with Gasteiger partial charge in [0.1, 0.15) is 10.8 Å². The number of aromatic nitrogens is 2. The third-order valence-corrected chi connectivity index (χ3v) is 6.43. The number of methoxy groups -OCH3 is 1. The van der Waals surface area contributed by atoms with E-state index in [9.17, 15) is 9.59 Å². The second-order valence-electron chi connectivity index (χ2n) is 7.77. The smallest absolute Gasteiger partial charge is 0.286 e. The zero-order valence-corrected chi connectivity index (χ0v) is 19.0. The average Bonchev–Trinajstić information content (AvgIpc) is 3.47. The van der Waals surface area contributed by atoms with E-state index in [0.717, 1.165) is 17.2 Å². The maximum Gasteiger partial charge on any atom is 0.286 e. The normalized spacial score (nSPS) is 14.9. The minimum atomic E-state index is -0.293. The molecule has 1 aliphatic heterocycles. The van der Waals surface area contributed by atoms with Crippen molar-refractivity contribution in [1.82, 2.24) is 20.4 Å². The van der Waals surface area contributed by atoms with Crippen molar-refractivity contribution in [2.24, 2.45) is 0 Å². The van der Waals surface area contributed by atoms with Crippen LogP contribution in [0.15, 0.2) is 24.3 Å². The van der Waals surface area contributed by atoms with Crippen LogP contribution in [-0.2, 0) is 11.2 Å². The zero-order chi connectivity index (χ0) is 22.1. The Bertz CT molecular complexity index is 849. The first-order valence-corrected chi connectivity index (χ1v) is 11.7. The Kier molecular flexibility index (Phi) is 8.78. The second-order valence-corrected chi connectivity index (χ2v) is 8.83. The number of hydrogen-bond acceptors (Lipinski definition) is 7. The Labute approximate surface area is 187 Å². The lowest BCUT2D eigenvalue weighted by Gasteiger charge is -2.23. The fourth-order valence-electron chi connectivity index (χ4n) is 3.58. The van der Waals surface area contributed by atoms with Gasteiger partial charge in [0.25, 0.3) is 5.91 Å². The summed E-state index contributed by atoms with van der Waals surface area (Å²) in [5, 5.41) is 14.9. The van der Waals surface area contributed by atoms with Crippen LogP contribution >= 0.6 is 11.3 Å². The highest BCUT2D eigenvalue weighted by atomic mass is 32.1. The molecule has 0 bridgehead atoms. The van der Waals surface area contributed by atoms with Crippen LogP contribution in [0.25, 0.3) is 0 Å². The molecular weight excluding hydrogens is 414 g/mol. The van der Waals surface area contributed by atoms with Gasteiger partial charge in [-0.1, -0.05) is 11.3 Å². The van der Waals surface area contributed by atoms with Crippen LogP contribution in [0.1, 0.15) is 53.8 Å². The van der Waals surface area contributed by atoms with E-state index < -0.39 is 0 Å². The highest BCUT2D eigenvalue weighted by Crippen LogP contribution is 2.18. The van der Waals surface area contributed by atoms with Crippen LogP contribution in [0.5, 0.6) is 5.75 Å². The number of hydrogen-bond donors (Lipinski definition) is 2. The van der Waals surface area contributed by atoms with Gasteiger partial charge in [-0.05, 0) is 70.0 Å². The van der Waals surface area contributed by atoms with Crippen LogP contribution in [0.2, 0.25) is 0 Å². The fourth-order valence-corrected chi connectivity index (χ4v) is 4.36. The molecule has 9 heteroatoms. The first-order valence-electron chi connectivity index (χ1n) is 10.8. The third kappa shape index (κ3) is 7.29. The molecule has 0 spiro atoms. The van der Waals surface area contributed by atoms with Crippen molar-refractivity contribution in [3.63, 3.8) is 0 Å². The molecule has 8 nitrogen and oxygen atoms in total. The molecule has 2 aromatic rings. The summed E-state index contributed by atoms with van der Waals surface area (Å²) < 4.78 is 5.11. The van der Waals surface area contributed by atoms with Crippen molar-refractivity contribution in [2.75, 3.05) is 32.1 Å². The Balaban J connectivity index is 1.33. The fraction of sp³-hybridized carbons (Fsp3) is 0.545. The van der Waals surface area contributed by atoms with Gasteiger partial charge in [0.15, 0.2) is 0 Å². The summed E-state index contributed by atoms with van der Waals surface area (Å²) in [6, 6.07) is 7.61. The van der Waals surface area contributed by atoms with E-state index in [1.165, 1.54) is 37.3 Å². The maximum absolute atomic E-state index is 12.3.